The Bertz CT molecular complexity index is 434. The third-order valence-electron chi connectivity index (χ3n) is 1.13. The number of hydrogen-bond donors (Lipinski definition) is 1. The van der Waals surface area contributed by atoms with E-state index in [0.717, 1.165) is 22.5 Å². The molecule has 0 saturated carbocycles. The summed E-state index contributed by atoms with van der Waals surface area (Å²) in [4.78, 5) is 0. The van der Waals surface area contributed by atoms with Crippen molar-refractivity contribution >= 4 is 31.8 Å². The number of sulfone groups is 1. The second-order valence-electron chi connectivity index (χ2n) is 2.45. The molecule has 0 spiro atoms. The molecule has 0 aromatic carbocycles. The van der Waals surface area contributed by atoms with E-state index in [-0.39, 0.29) is 4.24 Å². The molecule has 0 amide bonds. The predicted octanol–water partition coefficient (Wildman–Crippen LogP) is -0.742. The molecule has 0 aromatic heterocycles. The van der Waals surface area contributed by atoms with Crippen LogP contribution in [0.1, 0.15) is 0 Å². The second kappa shape index (κ2) is 3.15. The minimum atomic E-state index is -3.43. The van der Waals surface area contributed by atoms with Gasteiger partial charge in [0.25, 0.3) is 0 Å². The van der Waals surface area contributed by atoms with E-state index in [1.165, 1.54) is 0 Å². The zero-order chi connectivity index (χ0) is 10.3. The van der Waals surface area contributed by atoms with Gasteiger partial charge >= 0.3 is 0 Å². The van der Waals surface area contributed by atoms with Crippen LogP contribution in [0.2, 0.25) is 0 Å². The Hall–Kier alpha value is -0.250. The summed E-state index contributed by atoms with van der Waals surface area (Å²) < 4.78 is 44.5. The van der Waals surface area contributed by atoms with Crippen molar-refractivity contribution in [2.45, 2.75) is 0 Å². The first kappa shape index (κ1) is 10.8. The fraction of sp³-hybridized carbons (Fsp3) is 0.500. The van der Waals surface area contributed by atoms with Gasteiger partial charge in [0.15, 0.2) is 9.84 Å². The number of hydrazine groups is 1. The molecule has 0 atom stereocenters. The van der Waals surface area contributed by atoms with Crippen molar-refractivity contribution in [3.05, 3.63) is 10.4 Å². The highest BCUT2D eigenvalue weighted by Gasteiger charge is 2.28. The van der Waals surface area contributed by atoms with Crippen LogP contribution in [0.15, 0.2) is 10.4 Å². The molecular weight excluding hydrogens is 236 g/mol. The van der Waals surface area contributed by atoms with Crippen molar-refractivity contribution in [1.29, 1.82) is 0 Å². The highest BCUT2D eigenvalue weighted by atomic mass is 32.3. The Kier molecular flexibility index (Phi) is 2.63. The molecule has 1 aliphatic rings. The van der Waals surface area contributed by atoms with E-state index in [2.05, 4.69) is 5.43 Å². The average molecular weight is 244 g/mol. The lowest BCUT2D eigenvalue weighted by Crippen LogP contribution is -2.29. The van der Waals surface area contributed by atoms with Gasteiger partial charge in [-0.25, -0.2) is 16.8 Å². The summed E-state index contributed by atoms with van der Waals surface area (Å²) >= 11 is 0.632. The zero-order valence-electron chi connectivity index (χ0n) is 6.88. The summed E-state index contributed by atoms with van der Waals surface area (Å²) in [7, 11) is -6.77. The predicted molar refractivity (Wildman–Crippen MR) is 50.3 cm³/mol. The van der Waals surface area contributed by atoms with Gasteiger partial charge in [-0.3, -0.25) is 0 Å². The van der Waals surface area contributed by atoms with Gasteiger partial charge in [0, 0.05) is 24.4 Å². The van der Waals surface area contributed by atoms with Crippen LogP contribution in [0.25, 0.3) is 0 Å². The van der Waals surface area contributed by atoms with Crippen molar-refractivity contribution in [2.24, 2.45) is 0 Å². The first-order valence-corrected chi connectivity index (χ1v) is 7.57. The summed E-state index contributed by atoms with van der Waals surface area (Å²) in [6.07, 6.45) is 3.13. The highest BCUT2D eigenvalue weighted by molar-refractivity contribution is 8.21. The van der Waals surface area contributed by atoms with E-state index in [1.54, 1.807) is 0 Å². The summed E-state index contributed by atoms with van der Waals surface area (Å²) in [5, 5.41) is 0. The van der Waals surface area contributed by atoms with Crippen LogP contribution in [0.5, 0.6) is 0 Å². The maximum absolute atomic E-state index is 11.0. The summed E-state index contributed by atoms with van der Waals surface area (Å²) in [5.74, 6) is 0. The Balaban J connectivity index is 2.86. The van der Waals surface area contributed by atoms with E-state index < -0.39 is 19.9 Å². The van der Waals surface area contributed by atoms with Crippen LogP contribution >= 0.6 is 11.9 Å². The van der Waals surface area contributed by atoms with E-state index in [0.29, 0.717) is 11.9 Å². The van der Waals surface area contributed by atoms with Crippen LogP contribution in [0.3, 0.4) is 0 Å². The Morgan fingerprint density at radius 1 is 1.31 bits per heavy atom. The van der Waals surface area contributed by atoms with Crippen molar-refractivity contribution < 1.29 is 16.8 Å². The lowest BCUT2D eigenvalue weighted by molar-refractivity contribution is 0.526. The van der Waals surface area contributed by atoms with E-state index >= 15 is 0 Å². The molecule has 0 radical (unpaired) electrons. The topological polar surface area (TPSA) is 83.6 Å². The monoisotopic (exact) mass is 244 g/mol. The molecule has 9 heteroatoms. The van der Waals surface area contributed by atoms with Gasteiger partial charge in [-0.15, -0.1) is 0 Å². The SMILES string of the molecule is CS(=O)(=O)C1=CNN(S(C)(=O)=O)S1. The van der Waals surface area contributed by atoms with Crippen molar-refractivity contribution in [3.8, 4) is 0 Å². The third kappa shape index (κ3) is 2.59. The molecular formula is C4H8N2O4S3. The molecule has 1 rings (SSSR count). The van der Waals surface area contributed by atoms with Crippen LogP contribution in [-0.2, 0) is 19.9 Å². The molecule has 0 aliphatic carbocycles. The molecule has 1 aliphatic heterocycles. The number of rotatable bonds is 2. The minimum absolute atomic E-state index is 0.0158. The molecule has 13 heavy (non-hydrogen) atoms. The molecule has 0 saturated heterocycles. The molecule has 0 aromatic rings. The van der Waals surface area contributed by atoms with Gasteiger partial charge in [-0.05, 0) is 0 Å². The van der Waals surface area contributed by atoms with E-state index in [4.69, 9.17) is 0 Å². The molecule has 76 valence electrons. The first-order valence-electron chi connectivity index (χ1n) is 3.06. The van der Waals surface area contributed by atoms with E-state index in [1.807, 2.05) is 0 Å². The van der Waals surface area contributed by atoms with Gasteiger partial charge in [0.2, 0.25) is 10.0 Å². The van der Waals surface area contributed by atoms with Crippen molar-refractivity contribution in [1.82, 2.24) is 9.25 Å². The maximum atomic E-state index is 11.0. The number of sulfonamides is 1. The smallest absolute Gasteiger partial charge is 0.238 e. The quantitative estimate of drug-likeness (QED) is 0.644. The minimum Gasteiger partial charge on any atom is -0.301 e. The van der Waals surface area contributed by atoms with Gasteiger partial charge in [-0.1, -0.05) is 3.82 Å². The molecule has 0 bridgehead atoms. The first-order chi connectivity index (χ1) is 5.71. The van der Waals surface area contributed by atoms with Crippen molar-refractivity contribution in [3.63, 3.8) is 0 Å². The highest BCUT2D eigenvalue weighted by Crippen LogP contribution is 2.29. The maximum Gasteiger partial charge on any atom is 0.238 e. The van der Waals surface area contributed by atoms with Crippen LogP contribution < -0.4 is 5.43 Å². The number of nitrogens with zero attached hydrogens (tertiary/aromatic N) is 1. The molecule has 0 fully saturated rings. The van der Waals surface area contributed by atoms with Gasteiger partial charge in [-0.2, -0.15) is 0 Å². The summed E-state index contributed by atoms with van der Waals surface area (Å²) in [5.41, 5.74) is 2.32. The Morgan fingerprint density at radius 3 is 2.08 bits per heavy atom. The fourth-order valence-electron chi connectivity index (χ4n) is 0.578. The van der Waals surface area contributed by atoms with Crippen molar-refractivity contribution in [2.75, 3.05) is 12.5 Å². The standard InChI is InChI=1S/C4H8N2O4S3/c1-12(7,8)4-3-5-6(11-4)13(2,9)10/h3,5H,1-2H3. The number of nitrogens with one attached hydrogen (secondary N) is 1. The number of hydrogen-bond acceptors (Lipinski definition) is 6. The molecule has 1 N–H and O–H groups in total. The normalized spacial score (nSPS) is 19.7. The lowest BCUT2D eigenvalue weighted by Gasteiger charge is -2.10. The average Bonchev–Trinajstić information content (AvgIpc) is 2.28. The Labute approximate surface area is 81.1 Å². The van der Waals surface area contributed by atoms with Crippen LogP contribution in [-0.4, -0.2) is 33.2 Å². The Morgan fingerprint density at radius 2 is 1.85 bits per heavy atom. The molecule has 6 nitrogen and oxygen atoms in total. The van der Waals surface area contributed by atoms with Gasteiger partial charge in [0.05, 0.1) is 6.26 Å². The summed E-state index contributed by atoms with van der Waals surface area (Å²) in [6, 6.07) is 0. The fourth-order valence-corrected chi connectivity index (χ4v) is 3.15. The largest absolute Gasteiger partial charge is 0.301 e. The lowest BCUT2D eigenvalue weighted by atomic mass is 11.1. The molecule has 1 heterocycles. The summed E-state index contributed by atoms with van der Waals surface area (Å²) in [6.45, 7) is 0. The van der Waals surface area contributed by atoms with E-state index in [9.17, 15) is 16.8 Å². The third-order valence-corrected chi connectivity index (χ3v) is 5.42. The zero-order valence-corrected chi connectivity index (χ0v) is 9.33. The second-order valence-corrected chi connectivity index (χ2v) is 7.74. The molecule has 0 unspecified atom stereocenters. The van der Waals surface area contributed by atoms with Crippen LogP contribution in [0, 0.1) is 0 Å². The van der Waals surface area contributed by atoms with Gasteiger partial charge < -0.3 is 5.43 Å². The van der Waals surface area contributed by atoms with Gasteiger partial charge in [0.1, 0.15) is 4.24 Å². The van der Waals surface area contributed by atoms with Crippen LogP contribution in [0.4, 0.5) is 0 Å².